The maximum atomic E-state index is 12.7. The Kier molecular flexibility index (Phi) is 5.12. The lowest BCUT2D eigenvalue weighted by Crippen LogP contribution is -2.18. The molecule has 0 aliphatic rings. The summed E-state index contributed by atoms with van der Waals surface area (Å²) < 4.78 is 40.1. The molecule has 1 N–H and O–H groups in total. The van der Waals surface area contributed by atoms with Gasteiger partial charge >= 0.3 is 6.18 Å². The van der Waals surface area contributed by atoms with Crippen molar-refractivity contribution in [2.45, 2.75) is 13.1 Å². The van der Waals surface area contributed by atoms with Gasteiger partial charge in [-0.25, -0.2) is 5.43 Å². The Labute approximate surface area is 153 Å². The summed E-state index contributed by atoms with van der Waals surface area (Å²) >= 11 is 0. The first-order chi connectivity index (χ1) is 12.8. The number of benzene rings is 2. The van der Waals surface area contributed by atoms with Gasteiger partial charge in [0, 0.05) is 17.4 Å². The number of nitrogens with zero attached hydrogens (tertiary/aromatic N) is 2. The van der Waals surface area contributed by atoms with Crippen molar-refractivity contribution in [3.8, 4) is 5.69 Å². The van der Waals surface area contributed by atoms with Crippen molar-refractivity contribution in [2.75, 3.05) is 0 Å². The van der Waals surface area contributed by atoms with E-state index in [0.717, 1.165) is 23.4 Å². The number of halogens is 3. The highest BCUT2D eigenvalue weighted by Gasteiger charge is 2.30. The zero-order valence-electron chi connectivity index (χ0n) is 14.4. The number of carbonyl (C=O) groups is 1. The minimum Gasteiger partial charge on any atom is -0.316 e. The molecule has 0 spiro atoms. The summed E-state index contributed by atoms with van der Waals surface area (Å²) in [6, 6.07) is 15.7. The van der Waals surface area contributed by atoms with Crippen LogP contribution in [0.5, 0.6) is 0 Å². The van der Waals surface area contributed by atoms with E-state index in [1.54, 1.807) is 0 Å². The van der Waals surface area contributed by atoms with Crippen LogP contribution in [0, 0.1) is 6.92 Å². The van der Waals surface area contributed by atoms with Gasteiger partial charge in [0.05, 0.1) is 17.5 Å². The van der Waals surface area contributed by atoms with Gasteiger partial charge in [-0.2, -0.15) is 18.3 Å². The Morgan fingerprint density at radius 2 is 1.85 bits per heavy atom. The van der Waals surface area contributed by atoms with Crippen molar-refractivity contribution < 1.29 is 18.0 Å². The van der Waals surface area contributed by atoms with Crippen molar-refractivity contribution >= 4 is 12.1 Å². The molecule has 1 aromatic heterocycles. The number of aryl methyl sites for hydroxylation is 1. The molecule has 4 nitrogen and oxygen atoms in total. The summed E-state index contributed by atoms with van der Waals surface area (Å²) in [5.74, 6) is -0.717. The third kappa shape index (κ3) is 4.44. The number of hydrazone groups is 1. The normalized spacial score (nSPS) is 11.7. The smallest absolute Gasteiger partial charge is 0.316 e. The molecule has 2 aromatic carbocycles. The lowest BCUT2D eigenvalue weighted by Gasteiger charge is -2.08. The van der Waals surface area contributed by atoms with E-state index in [1.165, 1.54) is 18.3 Å². The van der Waals surface area contributed by atoms with Crippen LogP contribution in [-0.2, 0) is 6.18 Å². The molecule has 0 unspecified atom stereocenters. The number of amides is 1. The molecular formula is C20H16F3N3O. The number of aromatic nitrogens is 1. The minimum atomic E-state index is -4.51. The highest BCUT2D eigenvalue weighted by atomic mass is 19.4. The predicted molar refractivity (Wildman–Crippen MR) is 97.0 cm³/mol. The number of carbonyl (C=O) groups excluding carboxylic acids is 1. The lowest BCUT2D eigenvalue weighted by molar-refractivity contribution is -0.137. The second kappa shape index (κ2) is 7.49. The van der Waals surface area contributed by atoms with Crippen molar-refractivity contribution in [1.29, 1.82) is 0 Å². The van der Waals surface area contributed by atoms with Crippen LogP contribution in [0.25, 0.3) is 5.69 Å². The molecular weight excluding hydrogens is 355 g/mol. The van der Waals surface area contributed by atoms with Crippen molar-refractivity contribution in [3.05, 3.63) is 89.2 Å². The number of nitrogens with one attached hydrogen (secondary N) is 1. The van der Waals surface area contributed by atoms with Crippen molar-refractivity contribution in [3.63, 3.8) is 0 Å². The summed E-state index contributed by atoms with van der Waals surface area (Å²) in [7, 11) is 0. The van der Waals surface area contributed by atoms with Crippen molar-refractivity contribution in [2.24, 2.45) is 5.10 Å². The SMILES string of the molecule is Cc1cccc(-n2cccc2/C=N\NC(=O)c2cccc(C(F)(F)F)c2)c1. The highest BCUT2D eigenvalue weighted by molar-refractivity contribution is 5.95. The number of alkyl halides is 3. The minimum absolute atomic E-state index is 0.115. The lowest BCUT2D eigenvalue weighted by atomic mass is 10.1. The molecule has 0 atom stereocenters. The van der Waals surface area contributed by atoms with E-state index in [-0.39, 0.29) is 5.56 Å². The average Bonchev–Trinajstić information content (AvgIpc) is 3.09. The molecule has 27 heavy (non-hydrogen) atoms. The van der Waals surface area contributed by atoms with E-state index in [1.807, 2.05) is 54.1 Å². The van der Waals surface area contributed by atoms with E-state index in [9.17, 15) is 18.0 Å². The van der Waals surface area contributed by atoms with Crippen LogP contribution in [0.4, 0.5) is 13.2 Å². The Morgan fingerprint density at radius 1 is 1.07 bits per heavy atom. The second-order valence-corrected chi connectivity index (χ2v) is 5.92. The maximum absolute atomic E-state index is 12.7. The summed E-state index contributed by atoms with van der Waals surface area (Å²) in [4.78, 5) is 12.1. The molecule has 138 valence electrons. The van der Waals surface area contributed by atoms with Gasteiger partial charge in [0.15, 0.2) is 0 Å². The monoisotopic (exact) mass is 371 g/mol. The standard InChI is InChI=1S/C20H16F3N3O/c1-14-5-2-8-17(11-14)26-10-4-9-18(26)13-24-25-19(27)15-6-3-7-16(12-15)20(21,22)23/h2-13H,1H3,(H,25,27)/b24-13-. The molecule has 1 heterocycles. The van der Waals surface area contributed by atoms with Crippen LogP contribution in [0.2, 0.25) is 0 Å². The third-order valence-electron chi connectivity index (χ3n) is 3.88. The molecule has 0 saturated carbocycles. The first-order valence-electron chi connectivity index (χ1n) is 8.10. The van der Waals surface area contributed by atoms with E-state index in [2.05, 4.69) is 10.5 Å². The summed E-state index contributed by atoms with van der Waals surface area (Å²) in [6.07, 6.45) is -1.22. The molecule has 3 aromatic rings. The van der Waals surface area contributed by atoms with Gasteiger partial charge < -0.3 is 4.57 Å². The van der Waals surface area contributed by atoms with Crippen LogP contribution in [-0.4, -0.2) is 16.7 Å². The first-order valence-corrected chi connectivity index (χ1v) is 8.10. The zero-order valence-corrected chi connectivity index (χ0v) is 14.4. The number of hydrogen-bond donors (Lipinski definition) is 1. The summed E-state index contributed by atoms with van der Waals surface area (Å²) in [5, 5.41) is 3.86. The molecule has 1 amide bonds. The second-order valence-electron chi connectivity index (χ2n) is 5.92. The van der Waals surface area contributed by atoms with Gasteiger partial charge in [0.2, 0.25) is 0 Å². The van der Waals surface area contributed by atoms with Gasteiger partial charge in [-0.05, 0) is 55.0 Å². The Bertz CT molecular complexity index is 990. The third-order valence-corrected chi connectivity index (χ3v) is 3.88. The van der Waals surface area contributed by atoms with Gasteiger partial charge in [-0.1, -0.05) is 18.2 Å². The Morgan fingerprint density at radius 3 is 2.59 bits per heavy atom. The molecule has 0 saturated heterocycles. The van der Waals surface area contributed by atoms with Crippen molar-refractivity contribution in [1.82, 2.24) is 9.99 Å². The van der Waals surface area contributed by atoms with Gasteiger partial charge in [-0.15, -0.1) is 0 Å². The largest absolute Gasteiger partial charge is 0.416 e. The molecule has 0 fully saturated rings. The van der Waals surface area contributed by atoms with Gasteiger partial charge in [0.25, 0.3) is 5.91 Å². The quantitative estimate of drug-likeness (QED) is 0.530. The number of rotatable bonds is 4. The van der Waals surface area contributed by atoms with Crippen LogP contribution in [0.3, 0.4) is 0 Å². The Balaban J connectivity index is 1.74. The fourth-order valence-corrected chi connectivity index (χ4v) is 2.57. The average molecular weight is 371 g/mol. The topological polar surface area (TPSA) is 46.4 Å². The number of hydrogen-bond acceptors (Lipinski definition) is 2. The molecule has 0 aliphatic carbocycles. The fourth-order valence-electron chi connectivity index (χ4n) is 2.57. The summed E-state index contributed by atoms with van der Waals surface area (Å²) in [5.41, 5.74) is 4.01. The molecule has 0 aliphatic heterocycles. The van der Waals surface area contributed by atoms with E-state index >= 15 is 0 Å². The van der Waals surface area contributed by atoms with Crippen LogP contribution < -0.4 is 5.43 Å². The molecule has 0 bridgehead atoms. The van der Waals surface area contributed by atoms with Gasteiger partial charge in [0.1, 0.15) is 0 Å². The fraction of sp³-hybridized carbons (Fsp3) is 0.100. The van der Waals surface area contributed by atoms with E-state index in [0.29, 0.717) is 5.69 Å². The molecule has 7 heteroatoms. The maximum Gasteiger partial charge on any atom is 0.416 e. The van der Waals surface area contributed by atoms with Crippen LogP contribution >= 0.6 is 0 Å². The van der Waals surface area contributed by atoms with Gasteiger partial charge in [-0.3, -0.25) is 4.79 Å². The van der Waals surface area contributed by atoms with Crippen LogP contribution in [0.15, 0.2) is 72.0 Å². The predicted octanol–water partition coefficient (Wildman–Crippen LogP) is 4.57. The Hall–Kier alpha value is -3.35. The zero-order chi connectivity index (χ0) is 19.4. The first kappa shape index (κ1) is 18.4. The molecule has 3 rings (SSSR count). The highest BCUT2D eigenvalue weighted by Crippen LogP contribution is 2.29. The summed E-state index contributed by atoms with van der Waals surface area (Å²) in [6.45, 7) is 1.98. The van der Waals surface area contributed by atoms with Crippen LogP contribution in [0.1, 0.15) is 27.2 Å². The molecule has 0 radical (unpaired) electrons. The van der Waals surface area contributed by atoms with E-state index < -0.39 is 17.6 Å². The van der Waals surface area contributed by atoms with E-state index in [4.69, 9.17) is 0 Å².